The molecule has 0 bridgehead atoms. The lowest BCUT2D eigenvalue weighted by Crippen LogP contribution is -2.41. The fourth-order valence-electron chi connectivity index (χ4n) is 4.18. The number of ether oxygens (including phenoxy) is 2. The summed E-state index contributed by atoms with van der Waals surface area (Å²) >= 11 is 0. The summed E-state index contributed by atoms with van der Waals surface area (Å²) in [7, 11) is -2.31. The number of anilines is 1. The molecule has 10 heteroatoms. The van der Waals surface area contributed by atoms with Gasteiger partial charge in [0.25, 0.3) is 11.8 Å². The van der Waals surface area contributed by atoms with Gasteiger partial charge in [-0.1, -0.05) is 18.6 Å². The quantitative estimate of drug-likeness (QED) is 0.672. The zero-order valence-corrected chi connectivity index (χ0v) is 20.0. The summed E-state index contributed by atoms with van der Waals surface area (Å²) in [5.41, 5.74) is 0.776. The molecule has 0 unspecified atom stereocenters. The molecule has 0 atom stereocenters. The van der Waals surface area contributed by atoms with Crippen molar-refractivity contribution in [2.45, 2.75) is 24.2 Å². The molecule has 1 N–H and O–H groups in total. The van der Waals surface area contributed by atoms with E-state index in [0.717, 1.165) is 19.3 Å². The van der Waals surface area contributed by atoms with Crippen LogP contribution in [0.3, 0.4) is 0 Å². The molecule has 2 saturated heterocycles. The van der Waals surface area contributed by atoms with Crippen molar-refractivity contribution in [3.05, 3.63) is 53.6 Å². The first kappa shape index (κ1) is 24.2. The van der Waals surface area contributed by atoms with Gasteiger partial charge in [-0.15, -0.1) is 0 Å². The Labute approximate surface area is 199 Å². The minimum atomic E-state index is -3.73. The lowest BCUT2D eigenvalue weighted by molar-refractivity contribution is 0.0303. The van der Waals surface area contributed by atoms with Crippen molar-refractivity contribution in [3.8, 4) is 5.75 Å². The van der Waals surface area contributed by atoms with Crippen LogP contribution in [0.1, 0.15) is 40.0 Å². The zero-order valence-electron chi connectivity index (χ0n) is 19.2. The Bertz CT molecular complexity index is 1160. The fourth-order valence-corrected chi connectivity index (χ4v) is 5.73. The van der Waals surface area contributed by atoms with E-state index in [0.29, 0.717) is 50.6 Å². The Morgan fingerprint density at radius 1 is 0.941 bits per heavy atom. The molecule has 2 aliphatic rings. The predicted octanol–water partition coefficient (Wildman–Crippen LogP) is 2.59. The monoisotopic (exact) mass is 487 g/mol. The summed E-state index contributed by atoms with van der Waals surface area (Å²) in [5, 5.41) is 2.77. The van der Waals surface area contributed by atoms with Crippen molar-refractivity contribution in [2.75, 3.05) is 51.8 Å². The average Bonchev–Trinajstić information content (AvgIpc) is 2.89. The zero-order chi connectivity index (χ0) is 24.1. The molecule has 2 aromatic carbocycles. The van der Waals surface area contributed by atoms with Crippen LogP contribution in [0.4, 0.5) is 5.69 Å². The molecule has 2 fully saturated rings. The van der Waals surface area contributed by atoms with Gasteiger partial charge in [0.1, 0.15) is 5.75 Å². The molecule has 2 aliphatic heterocycles. The molecule has 4 rings (SSSR count). The number of carbonyl (C=O) groups excluding carboxylic acids is 2. The highest BCUT2D eigenvalue weighted by Gasteiger charge is 2.28. The highest BCUT2D eigenvalue weighted by molar-refractivity contribution is 7.89. The molecule has 182 valence electrons. The standard InChI is InChI=1S/C24H29N3O6S/c1-32-22-10-9-18(34(30,31)27-11-5-2-6-12-27)17-20(22)23(28)25-21-8-4-3-7-19(21)24(29)26-13-15-33-16-14-26/h3-4,7-10,17H,2,5-6,11-16H2,1H3,(H,25,28). The van der Waals surface area contributed by atoms with Crippen LogP contribution in [0, 0.1) is 0 Å². The Kier molecular flexibility index (Phi) is 7.50. The Balaban J connectivity index is 1.61. The molecule has 0 aromatic heterocycles. The molecule has 9 nitrogen and oxygen atoms in total. The molecular weight excluding hydrogens is 458 g/mol. The second kappa shape index (κ2) is 10.5. The van der Waals surface area contributed by atoms with Crippen molar-refractivity contribution >= 4 is 27.5 Å². The normalized spacial score (nSPS) is 17.3. The summed E-state index contributed by atoms with van der Waals surface area (Å²) in [6.45, 7) is 2.82. The first-order valence-electron chi connectivity index (χ1n) is 11.4. The molecule has 0 saturated carbocycles. The van der Waals surface area contributed by atoms with Gasteiger partial charge >= 0.3 is 0 Å². The smallest absolute Gasteiger partial charge is 0.259 e. The van der Waals surface area contributed by atoms with Gasteiger partial charge in [-0.25, -0.2) is 8.42 Å². The van der Waals surface area contributed by atoms with Crippen molar-refractivity contribution in [1.82, 2.24) is 9.21 Å². The summed E-state index contributed by atoms with van der Waals surface area (Å²) < 4.78 is 38.4. The van der Waals surface area contributed by atoms with Crippen LogP contribution < -0.4 is 10.1 Å². The van der Waals surface area contributed by atoms with E-state index in [-0.39, 0.29) is 22.1 Å². The average molecular weight is 488 g/mol. The number of amides is 2. The lowest BCUT2D eigenvalue weighted by atomic mass is 10.1. The van der Waals surface area contributed by atoms with Crippen LogP contribution in [-0.2, 0) is 14.8 Å². The van der Waals surface area contributed by atoms with E-state index in [1.807, 2.05) is 0 Å². The summed E-state index contributed by atoms with van der Waals surface area (Å²) in [6, 6.07) is 11.0. The minimum Gasteiger partial charge on any atom is -0.496 e. The van der Waals surface area contributed by atoms with Gasteiger partial charge in [0, 0.05) is 26.2 Å². The van der Waals surface area contributed by atoms with Gasteiger partial charge in [0.15, 0.2) is 0 Å². The maximum Gasteiger partial charge on any atom is 0.259 e. The Morgan fingerprint density at radius 2 is 1.65 bits per heavy atom. The first-order valence-corrected chi connectivity index (χ1v) is 12.8. The van der Waals surface area contributed by atoms with Gasteiger partial charge in [0.05, 0.1) is 42.0 Å². The second-order valence-electron chi connectivity index (χ2n) is 8.23. The van der Waals surface area contributed by atoms with Gasteiger partial charge < -0.3 is 19.7 Å². The third kappa shape index (κ3) is 5.08. The Hall–Kier alpha value is -2.95. The number of carbonyl (C=O) groups is 2. The van der Waals surface area contributed by atoms with Crippen molar-refractivity contribution < 1.29 is 27.5 Å². The van der Waals surface area contributed by atoms with E-state index in [1.165, 1.54) is 29.6 Å². The van der Waals surface area contributed by atoms with E-state index in [9.17, 15) is 18.0 Å². The largest absolute Gasteiger partial charge is 0.496 e. The van der Waals surface area contributed by atoms with Crippen molar-refractivity contribution in [1.29, 1.82) is 0 Å². The van der Waals surface area contributed by atoms with E-state index in [4.69, 9.17) is 9.47 Å². The van der Waals surface area contributed by atoms with Gasteiger partial charge in [-0.3, -0.25) is 9.59 Å². The number of piperidine rings is 1. The van der Waals surface area contributed by atoms with Crippen LogP contribution in [0.2, 0.25) is 0 Å². The first-order chi connectivity index (χ1) is 16.4. The third-order valence-corrected chi connectivity index (χ3v) is 7.97. The molecule has 2 amide bonds. The number of methoxy groups -OCH3 is 1. The van der Waals surface area contributed by atoms with Gasteiger partial charge in [0.2, 0.25) is 10.0 Å². The highest BCUT2D eigenvalue weighted by Crippen LogP contribution is 2.28. The summed E-state index contributed by atoms with van der Waals surface area (Å²) in [4.78, 5) is 28.0. The number of morpholine rings is 1. The molecular formula is C24H29N3O6S. The number of hydrogen-bond donors (Lipinski definition) is 1. The summed E-state index contributed by atoms with van der Waals surface area (Å²) in [5.74, 6) is -0.519. The van der Waals surface area contributed by atoms with Crippen LogP contribution in [-0.4, -0.2) is 75.9 Å². The molecule has 0 spiro atoms. The second-order valence-corrected chi connectivity index (χ2v) is 10.2. The van der Waals surface area contributed by atoms with Crippen molar-refractivity contribution in [3.63, 3.8) is 0 Å². The third-order valence-electron chi connectivity index (χ3n) is 6.07. The maximum absolute atomic E-state index is 13.3. The highest BCUT2D eigenvalue weighted by atomic mass is 32.2. The molecule has 2 aromatic rings. The molecule has 0 radical (unpaired) electrons. The van der Waals surface area contributed by atoms with E-state index < -0.39 is 15.9 Å². The summed E-state index contributed by atoms with van der Waals surface area (Å²) in [6.07, 6.45) is 2.64. The van der Waals surface area contributed by atoms with Crippen LogP contribution >= 0.6 is 0 Å². The number of hydrogen-bond acceptors (Lipinski definition) is 6. The van der Waals surface area contributed by atoms with Crippen LogP contribution in [0.25, 0.3) is 0 Å². The van der Waals surface area contributed by atoms with Crippen LogP contribution in [0.5, 0.6) is 5.75 Å². The number of nitrogens with one attached hydrogen (secondary N) is 1. The Morgan fingerprint density at radius 3 is 2.35 bits per heavy atom. The lowest BCUT2D eigenvalue weighted by Gasteiger charge is -2.27. The number of para-hydroxylation sites is 1. The topological polar surface area (TPSA) is 105 Å². The van der Waals surface area contributed by atoms with Crippen LogP contribution in [0.15, 0.2) is 47.4 Å². The van der Waals surface area contributed by atoms with Crippen molar-refractivity contribution in [2.24, 2.45) is 0 Å². The molecule has 2 heterocycles. The van der Waals surface area contributed by atoms with Gasteiger partial charge in [-0.05, 0) is 43.2 Å². The molecule has 0 aliphatic carbocycles. The fraction of sp³-hybridized carbons (Fsp3) is 0.417. The van der Waals surface area contributed by atoms with E-state index in [2.05, 4.69) is 5.32 Å². The predicted molar refractivity (Wildman–Crippen MR) is 127 cm³/mol. The minimum absolute atomic E-state index is 0.0398. The number of benzene rings is 2. The van der Waals surface area contributed by atoms with E-state index in [1.54, 1.807) is 29.2 Å². The van der Waals surface area contributed by atoms with Gasteiger partial charge in [-0.2, -0.15) is 4.31 Å². The number of rotatable bonds is 6. The molecule has 34 heavy (non-hydrogen) atoms. The van der Waals surface area contributed by atoms with E-state index >= 15 is 0 Å². The number of nitrogens with zero attached hydrogens (tertiary/aromatic N) is 2. The maximum atomic E-state index is 13.3. The number of sulfonamides is 1. The SMILES string of the molecule is COc1ccc(S(=O)(=O)N2CCCCC2)cc1C(=O)Nc1ccccc1C(=O)N1CCOCC1.